The summed E-state index contributed by atoms with van der Waals surface area (Å²) in [6.07, 6.45) is 2.61. The molecule has 1 rings (SSSR count). The van der Waals surface area contributed by atoms with Gasteiger partial charge in [0, 0.05) is 6.20 Å². The summed E-state index contributed by atoms with van der Waals surface area (Å²) in [4.78, 5) is 4.36. The topological polar surface area (TPSA) is 48.1 Å². The molecule has 0 aliphatic rings. The van der Waals surface area contributed by atoms with Crippen LogP contribution >= 0.6 is 0 Å². The molecule has 84 valence electrons. The highest BCUT2D eigenvalue weighted by Crippen LogP contribution is 2.34. The molecule has 3 nitrogen and oxygen atoms in total. The Hall–Kier alpha value is -1.09. The van der Waals surface area contributed by atoms with Gasteiger partial charge in [-0.25, -0.2) is 0 Å². The van der Waals surface area contributed by atoms with Crippen molar-refractivity contribution in [2.45, 2.75) is 32.7 Å². The molecule has 0 saturated heterocycles. The van der Waals surface area contributed by atoms with Gasteiger partial charge in [-0.05, 0) is 24.5 Å². The first-order valence-electron chi connectivity index (χ1n) is 5.34. The third kappa shape index (κ3) is 2.12. The minimum absolute atomic E-state index is 0.325. The smallest absolute Gasteiger partial charge is 0.142 e. The molecular weight excluding hydrogens is 188 g/mol. The second kappa shape index (κ2) is 4.62. The Balaban J connectivity index is 3.23. The van der Waals surface area contributed by atoms with Crippen LogP contribution in [0.3, 0.4) is 0 Å². The second-order valence-electron chi connectivity index (χ2n) is 4.10. The van der Waals surface area contributed by atoms with E-state index in [-0.39, 0.29) is 0 Å². The van der Waals surface area contributed by atoms with E-state index < -0.39 is 5.54 Å². The molecule has 1 unspecified atom stereocenters. The van der Waals surface area contributed by atoms with Gasteiger partial charge in [-0.2, -0.15) is 0 Å². The van der Waals surface area contributed by atoms with Crippen LogP contribution in [0.25, 0.3) is 0 Å². The lowest BCUT2D eigenvalue weighted by atomic mass is 9.81. The Morgan fingerprint density at radius 1 is 1.53 bits per heavy atom. The molecule has 0 fully saturated rings. The lowest BCUT2D eigenvalue weighted by Crippen LogP contribution is -2.42. The number of aromatic nitrogens is 1. The van der Waals surface area contributed by atoms with Crippen molar-refractivity contribution >= 4 is 0 Å². The molecule has 0 bridgehead atoms. The van der Waals surface area contributed by atoms with Crippen molar-refractivity contribution in [1.29, 1.82) is 0 Å². The maximum atomic E-state index is 6.40. The van der Waals surface area contributed by atoms with Crippen molar-refractivity contribution in [3.8, 4) is 5.75 Å². The standard InChI is InChI=1S/C12H20N2O/c1-5-12(13,9(2)3)11-10(15-4)7-6-8-14-11/h6-9H,5,13H2,1-4H3. The molecule has 0 aliphatic carbocycles. The molecular formula is C12H20N2O. The van der Waals surface area contributed by atoms with Crippen LogP contribution < -0.4 is 10.5 Å². The van der Waals surface area contributed by atoms with E-state index in [0.29, 0.717) is 5.92 Å². The molecule has 0 amide bonds. The molecule has 0 saturated carbocycles. The largest absolute Gasteiger partial charge is 0.495 e. The number of pyridine rings is 1. The van der Waals surface area contributed by atoms with Gasteiger partial charge in [0.15, 0.2) is 0 Å². The SMILES string of the molecule is CCC(N)(c1ncccc1OC)C(C)C. The second-order valence-corrected chi connectivity index (χ2v) is 4.10. The summed E-state index contributed by atoms with van der Waals surface area (Å²) in [5, 5.41) is 0. The Morgan fingerprint density at radius 2 is 2.20 bits per heavy atom. The molecule has 0 aromatic carbocycles. The number of ether oxygens (including phenoxy) is 1. The molecule has 2 N–H and O–H groups in total. The van der Waals surface area contributed by atoms with Crippen molar-refractivity contribution in [2.24, 2.45) is 11.7 Å². The number of nitrogens with two attached hydrogens (primary N) is 1. The van der Waals surface area contributed by atoms with Gasteiger partial charge in [-0.1, -0.05) is 20.8 Å². The minimum Gasteiger partial charge on any atom is -0.495 e. The monoisotopic (exact) mass is 208 g/mol. The highest BCUT2D eigenvalue weighted by molar-refractivity contribution is 5.33. The maximum absolute atomic E-state index is 6.40. The van der Waals surface area contributed by atoms with Gasteiger partial charge in [-0.15, -0.1) is 0 Å². The lowest BCUT2D eigenvalue weighted by molar-refractivity contribution is 0.281. The number of nitrogens with zero attached hydrogens (tertiary/aromatic N) is 1. The predicted octanol–water partition coefficient (Wildman–Crippen LogP) is 2.31. The van der Waals surface area contributed by atoms with E-state index in [1.807, 2.05) is 12.1 Å². The zero-order chi connectivity index (χ0) is 11.5. The summed E-state index contributed by atoms with van der Waals surface area (Å²) in [5.41, 5.74) is 6.84. The predicted molar refractivity (Wildman–Crippen MR) is 61.8 cm³/mol. The van der Waals surface area contributed by atoms with E-state index in [9.17, 15) is 0 Å². The van der Waals surface area contributed by atoms with E-state index >= 15 is 0 Å². The van der Waals surface area contributed by atoms with Crippen LogP contribution in [-0.4, -0.2) is 12.1 Å². The highest BCUT2D eigenvalue weighted by atomic mass is 16.5. The Morgan fingerprint density at radius 3 is 2.67 bits per heavy atom. The molecule has 1 aromatic heterocycles. The van der Waals surface area contributed by atoms with Crippen molar-refractivity contribution in [2.75, 3.05) is 7.11 Å². The number of methoxy groups -OCH3 is 1. The summed E-state index contributed by atoms with van der Waals surface area (Å²) >= 11 is 0. The lowest BCUT2D eigenvalue weighted by Gasteiger charge is -2.32. The highest BCUT2D eigenvalue weighted by Gasteiger charge is 2.33. The molecule has 3 heteroatoms. The first kappa shape index (κ1) is 12.0. The van der Waals surface area contributed by atoms with Gasteiger partial charge < -0.3 is 10.5 Å². The van der Waals surface area contributed by atoms with Crippen molar-refractivity contribution in [1.82, 2.24) is 4.98 Å². The Kier molecular flexibility index (Phi) is 3.69. The van der Waals surface area contributed by atoms with E-state index in [1.165, 1.54) is 0 Å². The zero-order valence-corrected chi connectivity index (χ0v) is 9.95. The Labute approximate surface area is 91.7 Å². The van der Waals surface area contributed by atoms with Crippen molar-refractivity contribution < 1.29 is 4.74 Å². The fraction of sp³-hybridized carbons (Fsp3) is 0.583. The van der Waals surface area contributed by atoms with E-state index in [1.54, 1.807) is 13.3 Å². The van der Waals surface area contributed by atoms with Crippen LogP contribution in [0.5, 0.6) is 5.75 Å². The Bertz CT molecular complexity index is 325. The van der Waals surface area contributed by atoms with Gasteiger partial charge in [0.25, 0.3) is 0 Å². The fourth-order valence-electron chi connectivity index (χ4n) is 1.75. The maximum Gasteiger partial charge on any atom is 0.142 e. The van der Waals surface area contributed by atoms with Gasteiger partial charge in [-0.3, -0.25) is 4.98 Å². The first-order chi connectivity index (χ1) is 7.06. The van der Waals surface area contributed by atoms with Crippen molar-refractivity contribution in [3.63, 3.8) is 0 Å². The van der Waals surface area contributed by atoms with Crippen LogP contribution in [0.4, 0.5) is 0 Å². The number of hydrogen-bond acceptors (Lipinski definition) is 3. The van der Waals surface area contributed by atoms with Crippen LogP contribution in [0.15, 0.2) is 18.3 Å². The van der Waals surface area contributed by atoms with E-state index in [0.717, 1.165) is 17.9 Å². The van der Waals surface area contributed by atoms with Crippen LogP contribution in [-0.2, 0) is 5.54 Å². The first-order valence-corrected chi connectivity index (χ1v) is 5.34. The molecule has 15 heavy (non-hydrogen) atoms. The van der Waals surface area contributed by atoms with E-state index in [4.69, 9.17) is 10.5 Å². The summed E-state index contributed by atoms with van der Waals surface area (Å²) < 4.78 is 5.30. The quantitative estimate of drug-likeness (QED) is 0.826. The van der Waals surface area contributed by atoms with Crippen LogP contribution in [0, 0.1) is 5.92 Å². The van der Waals surface area contributed by atoms with Gasteiger partial charge in [0.2, 0.25) is 0 Å². The summed E-state index contributed by atoms with van der Waals surface area (Å²) in [5.74, 6) is 1.10. The van der Waals surface area contributed by atoms with Gasteiger partial charge >= 0.3 is 0 Å². The third-order valence-electron chi connectivity index (χ3n) is 3.05. The van der Waals surface area contributed by atoms with Gasteiger partial charge in [0.05, 0.1) is 12.6 Å². The summed E-state index contributed by atoms with van der Waals surface area (Å²) in [7, 11) is 1.65. The fourth-order valence-corrected chi connectivity index (χ4v) is 1.75. The normalized spacial score (nSPS) is 15.1. The number of rotatable bonds is 4. The average Bonchev–Trinajstić information content (AvgIpc) is 2.27. The number of hydrogen-bond donors (Lipinski definition) is 1. The zero-order valence-electron chi connectivity index (χ0n) is 9.95. The molecule has 0 aliphatic heterocycles. The molecule has 0 spiro atoms. The third-order valence-corrected chi connectivity index (χ3v) is 3.05. The average molecular weight is 208 g/mol. The molecule has 1 atom stereocenters. The van der Waals surface area contributed by atoms with Crippen LogP contribution in [0.2, 0.25) is 0 Å². The van der Waals surface area contributed by atoms with Crippen LogP contribution in [0.1, 0.15) is 32.9 Å². The molecule has 1 aromatic rings. The molecule has 1 heterocycles. The summed E-state index contributed by atoms with van der Waals surface area (Å²) in [6.45, 7) is 6.30. The summed E-state index contributed by atoms with van der Waals surface area (Å²) in [6, 6.07) is 3.76. The minimum atomic E-state index is -0.410. The van der Waals surface area contributed by atoms with Gasteiger partial charge in [0.1, 0.15) is 11.4 Å². The van der Waals surface area contributed by atoms with E-state index in [2.05, 4.69) is 25.8 Å². The van der Waals surface area contributed by atoms with Crippen molar-refractivity contribution in [3.05, 3.63) is 24.0 Å². The molecule has 0 radical (unpaired) electrons.